The van der Waals surface area contributed by atoms with Crippen LogP contribution in [0.25, 0.3) is 11.0 Å². The van der Waals surface area contributed by atoms with E-state index in [0.717, 1.165) is 60.4 Å². The fourth-order valence-corrected chi connectivity index (χ4v) is 3.48. The van der Waals surface area contributed by atoms with Gasteiger partial charge in [-0.15, -0.1) is 24.0 Å². The first kappa shape index (κ1) is 22.2. The van der Waals surface area contributed by atoms with Gasteiger partial charge in [0.2, 0.25) is 0 Å². The molecule has 4 rings (SSSR count). The third-order valence-corrected chi connectivity index (χ3v) is 4.93. The normalized spacial score (nSPS) is 13.5. The summed E-state index contributed by atoms with van der Waals surface area (Å²) >= 11 is 0. The molecule has 1 aromatic heterocycles. The molecular weight excluding hydrogens is 493 g/mol. The Hall–Kier alpha value is -2.49. The molecule has 0 spiro atoms. The lowest BCUT2D eigenvalue weighted by Gasteiger charge is -2.14. The fourth-order valence-electron chi connectivity index (χ4n) is 3.48. The Morgan fingerprint density at radius 1 is 1.13 bits per heavy atom. The highest BCUT2D eigenvalue weighted by Crippen LogP contribution is 2.32. The molecule has 0 aliphatic carbocycles. The van der Waals surface area contributed by atoms with Gasteiger partial charge in [-0.05, 0) is 37.6 Å². The molecule has 8 heteroatoms. The number of guanidine groups is 1. The number of benzene rings is 2. The van der Waals surface area contributed by atoms with E-state index in [9.17, 15) is 0 Å². The highest BCUT2D eigenvalue weighted by molar-refractivity contribution is 14.0. The van der Waals surface area contributed by atoms with Gasteiger partial charge in [0.25, 0.3) is 0 Å². The van der Waals surface area contributed by atoms with Crippen molar-refractivity contribution in [3.8, 4) is 11.5 Å². The van der Waals surface area contributed by atoms with E-state index in [-0.39, 0.29) is 24.0 Å². The lowest BCUT2D eigenvalue weighted by molar-refractivity contribution is 0.297. The fraction of sp³-hybridized carbons (Fsp3) is 0.364. The smallest absolute Gasteiger partial charge is 0.195 e. The molecule has 0 amide bonds. The molecule has 0 unspecified atom stereocenters. The molecule has 0 atom stereocenters. The van der Waals surface area contributed by atoms with Crippen LogP contribution in [0.5, 0.6) is 11.5 Å². The van der Waals surface area contributed by atoms with Crippen molar-refractivity contribution in [2.75, 3.05) is 32.1 Å². The monoisotopic (exact) mass is 521 g/mol. The highest BCUT2D eigenvalue weighted by Gasteiger charge is 2.11. The van der Waals surface area contributed by atoms with Crippen molar-refractivity contribution in [3.63, 3.8) is 0 Å². The van der Waals surface area contributed by atoms with E-state index >= 15 is 0 Å². The number of hydrogen-bond donors (Lipinski definition) is 2. The number of aryl methyl sites for hydroxylation is 2. The molecule has 160 valence electrons. The van der Waals surface area contributed by atoms with Crippen LogP contribution >= 0.6 is 24.0 Å². The molecular formula is C22H28IN5O2. The number of aliphatic imine (C=N–C) groups is 1. The number of nitrogens with one attached hydrogen (secondary N) is 2. The molecule has 1 aliphatic rings. The number of nitrogens with zero attached hydrogens (tertiary/aromatic N) is 3. The molecule has 0 saturated heterocycles. The van der Waals surface area contributed by atoms with E-state index in [4.69, 9.17) is 9.47 Å². The molecule has 2 heterocycles. The minimum atomic E-state index is 0. The standard InChI is InChI=1S/C22H27N5O2.HI/c1-16-25-18-7-3-4-8-19(18)27(16)12-5-11-24-22(23-2)26-17-9-10-20-21(15-17)29-14-6-13-28-20;/h3-4,7-10,15H,5-6,11-14H2,1-2H3,(H2,23,24,26);1H. The van der Waals surface area contributed by atoms with Crippen molar-refractivity contribution in [2.24, 2.45) is 4.99 Å². The van der Waals surface area contributed by atoms with E-state index < -0.39 is 0 Å². The molecule has 0 radical (unpaired) electrons. The average molecular weight is 521 g/mol. The van der Waals surface area contributed by atoms with Crippen molar-refractivity contribution in [3.05, 3.63) is 48.3 Å². The maximum absolute atomic E-state index is 5.76. The Morgan fingerprint density at radius 2 is 1.93 bits per heavy atom. The van der Waals surface area contributed by atoms with Gasteiger partial charge in [-0.1, -0.05) is 12.1 Å². The van der Waals surface area contributed by atoms with E-state index in [1.54, 1.807) is 7.05 Å². The van der Waals surface area contributed by atoms with Crippen LogP contribution in [0.2, 0.25) is 0 Å². The van der Waals surface area contributed by atoms with Gasteiger partial charge in [0.15, 0.2) is 17.5 Å². The van der Waals surface area contributed by atoms with E-state index in [1.165, 1.54) is 5.52 Å². The van der Waals surface area contributed by atoms with Crippen molar-refractivity contribution >= 4 is 46.7 Å². The number of rotatable bonds is 5. The van der Waals surface area contributed by atoms with Crippen LogP contribution in [0.4, 0.5) is 5.69 Å². The van der Waals surface area contributed by atoms with Gasteiger partial charge in [0.1, 0.15) is 5.82 Å². The SMILES string of the molecule is CN=C(NCCCn1c(C)nc2ccccc21)Nc1ccc2c(c1)OCCCO2.I. The number of ether oxygens (including phenoxy) is 2. The number of fused-ring (bicyclic) bond motifs is 2. The van der Waals surface area contributed by atoms with Gasteiger partial charge in [-0.3, -0.25) is 4.99 Å². The zero-order valence-corrected chi connectivity index (χ0v) is 19.7. The predicted octanol–water partition coefficient (Wildman–Crippen LogP) is 4.20. The zero-order chi connectivity index (χ0) is 20.1. The summed E-state index contributed by atoms with van der Waals surface area (Å²) in [7, 11) is 1.77. The summed E-state index contributed by atoms with van der Waals surface area (Å²) < 4.78 is 13.7. The summed E-state index contributed by atoms with van der Waals surface area (Å²) in [5.74, 6) is 3.33. The maximum Gasteiger partial charge on any atom is 0.195 e. The number of para-hydroxylation sites is 2. The molecule has 2 aromatic carbocycles. The number of imidazole rings is 1. The molecule has 0 fully saturated rings. The van der Waals surface area contributed by atoms with Gasteiger partial charge in [0, 0.05) is 38.3 Å². The third-order valence-electron chi connectivity index (χ3n) is 4.93. The first-order chi connectivity index (χ1) is 14.2. The zero-order valence-electron chi connectivity index (χ0n) is 17.4. The summed E-state index contributed by atoms with van der Waals surface area (Å²) in [6.45, 7) is 5.12. The Labute approximate surface area is 193 Å². The molecule has 3 aromatic rings. The number of anilines is 1. The van der Waals surface area contributed by atoms with Crippen molar-refractivity contribution in [1.82, 2.24) is 14.9 Å². The number of halogens is 1. The lowest BCUT2D eigenvalue weighted by Crippen LogP contribution is -2.31. The van der Waals surface area contributed by atoms with Crippen LogP contribution in [-0.4, -0.2) is 42.3 Å². The summed E-state index contributed by atoms with van der Waals surface area (Å²) in [4.78, 5) is 8.94. The van der Waals surface area contributed by atoms with Gasteiger partial charge >= 0.3 is 0 Å². The maximum atomic E-state index is 5.76. The summed E-state index contributed by atoms with van der Waals surface area (Å²) in [6, 6.07) is 14.1. The van der Waals surface area contributed by atoms with Gasteiger partial charge in [-0.25, -0.2) is 4.98 Å². The van der Waals surface area contributed by atoms with Crippen LogP contribution in [0, 0.1) is 6.92 Å². The molecule has 1 aliphatic heterocycles. The van der Waals surface area contributed by atoms with Crippen molar-refractivity contribution in [2.45, 2.75) is 26.3 Å². The first-order valence-corrected chi connectivity index (χ1v) is 10.0. The van der Waals surface area contributed by atoms with Crippen LogP contribution in [0.3, 0.4) is 0 Å². The third kappa shape index (κ3) is 5.16. The molecule has 2 N–H and O–H groups in total. The summed E-state index contributed by atoms with van der Waals surface area (Å²) in [5.41, 5.74) is 3.14. The average Bonchev–Trinajstić information content (AvgIpc) is 2.89. The molecule has 7 nitrogen and oxygen atoms in total. The Morgan fingerprint density at radius 3 is 2.77 bits per heavy atom. The van der Waals surface area contributed by atoms with Crippen molar-refractivity contribution in [1.29, 1.82) is 0 Å². The molecule has 0 saturated carbocycles. The predicted molar refractivity (Wildman–Crippen MR) is 132 cm³/mol. The minimum Gasteiger partial charge on any atom is -0.490 e. The van der Waals surface area contributed by atoms with E-state index in [2.05, 4.69) is 50.3 Å². The largest absolute Gasteiger partial charge is 0.490 e. The Kier molecular flexibility index (Phi) is 7.78. The van der Waals surface area contributed by atoms with Crippen LogP contribution < -0.4 is 20.1 Å². The van der Waals surface area contributed by atoms with Crippen molar-refractivity contribution < 1.29 is 9.47 Å². The second kappa shape index (κ2) is 10.5. The van der Waals surface area contributed by atoms with Crippen LogP contribution in [-0.2, 0) is 6.54 Å². The second-order valence-corrected chi connectivity index (χ2v) is 6.99. The Balaban J connectivity index is 0.00000256. The molecule has 0 bridgehead atoms. The second-order valence-electron chi connectivity index (χ2n) is 6.99. The van der Waals surface area contributed by atoms with E-state index in [0.29, 0.717) is 13.2 Å². The summed E-state index contributed by atoms with van der Waals surface area (Å²) in [5, 5.41) is 6.69. The minimum absolute atomic E-state index is 0. The van der Waals surface area contributed by atoms with Gasteiger partial charge in [0.05, 0.1) is 24.2 Å². The lowest BCUT2D eigenvalue weighted by atomic mass is 10.2. The van der Waals surface area contributed by atoms with Gasteiger partial charge < -0.3 is 24.7 Å². The van der Waals surface area contributed by atoms with Gasteiger partial charge in [-0.2, -0.15) is 0 Å². The Bertz CT molecular complexity index is 1020. The first-order valence-electron chi connectivity index (χ1n) is 10.0. The number of hydrogen-bond acceptors (Lipinski definition) is 4. The topological polar surface area (TPSA) is 72.7 Å². The van der Waals surface area contributed by atoms with Crippen LogP contribution in [0.15, 0.2) is 47.5 Å². The van der Waals surface area contributed by atoms with Crippen LogP contribution in [0.1, 0.15) is 18.7 Å². The summed E-state index contributed by atoms with van der Waals surface area (Å²) in [6.07, 6.45) is 1.86. The van der Waals surface area contributed by atoms with E-state index in [1.807, 2.05) is 24.3 Å². The highest BCUT2D eigenvalue weighted by atomic mass is 127. The molecule has 30 heavy (non-hydrogen) atoms. The number of aromatic nitrogens is 2. The quantitative estimate of drug-likeness (QED) is 0.228.